The van der Waals surface area contributed by atoms with Crippen LogP contribution < -0.4 is 14.4 Å². The summed E-state index contributed by atoms with van der Waals surface area (Å²) in [7, 11) is -6.01. The smallest absolute Gasteiger partial charge is 0.243 e. The molecule has 1 atom stereocenters. The number of piperazine rings is 1. The van der Waals surface area contributed by atoms with Crippen molar-refractivity contribution in [2.75, 3.05) is 51.3 Å². The number of methoxy groups -OCH3 is 1. The van der Waals surface area contributed by atoms with Gasteiger partial charge in [0.1, 0.15) is 11.6 Å². The molecule has 2 aliphatic heterocycles. The topological polar surface area (TPSA) is 105 Å². The van der Waals surface area contributed by atoms with Crippen molar-refractivity contribution < 1.29 is 30.7 Å². The summed E-state index contributed by atoms with van der Waals surface area (Å²) in [5.41, 5.74) is 0.571. The normalized spacial score (nSPS) is 19.9. The first-order valence-electron chi connectivity index (χ1n) is 11.0. The molecular weight excluding hydrogens is 485 g/mol. The summed E-state index contributed by atoms with van der Waals surface area (Å²) in [5, 5.41) is 0. The zero-order valence-corrected chi connectivity index (χ0v) is 20.4. The lowest BCUT2D eigenvalue weighted by Crippen LogP contribution is -2.48. The van der Waals surface area contributed by atoms with E-state index in [0.29, 0.717) is 31.1 Å². The van der Waals surface area contributed by atoms with Crippen LogP contribution in [0.2, 0.25) is 0 Å². The lowest BCUT2D eigenvalue weighted by Gasteiger charge is -2.36. The van der Waals surface area contributed by atoms with Crippen LogP contribution in [0.15, 0.2) is 52.3 Å². The first-order chi connectivity index (χ1) is 16.2. The molecular formula is C22H28FN3O6S2. The van der Waals surface area contributed by atoms with Crippen LogP contribution >= 0.6 is 0 Å². The second-order valence-electron chi connectivity index (χ2n) is 8.17. The molecule has 2 saturated heterocycles. The monoisotopic (exact) mass is 513 g/mol. The van der Waals surface area contributed by atoms with Crippen molar-refractivity contribution in [1.82, 2.24) is 9.03 Å². The minimum absolute atomic E-state index is 0.0327. The molecule has 0 saturated carbocycles. The second kappa shape index (κ2) is 10.2. The third-order valence-corrected chi connectivity index (χ3v) is 9.35. The molecule has 4 rings (SSSR count). The van der Waals surface area contributed by atoms with Gasteiger partial charge in [-0.25, -0.2) is 25.9 Å². The molecule has 9 nitrogen and oxygen atoms in total. The van der Waals surface area contributed by atoms with Crippen molar-refractivity contribution in [3.8, 4) is 5.75 Å². The number of hydrogen-bond acceptors (Lipinski definition) is 7. The number of nitrogens with one attached hydrogen (secondary N) is 1. The second-order valence-corrected chi connectivity index (χ2v) is 11.9. The van der Waals surface area contributed by atoms with E-state index in [0.717, 1.165) is 25.0 Å². The molecule has 186 valence electrons. The molecule has 2 fully saturated rings. The van der Waals surface area contributed by atoms with Crippen molar-refractivity contribution in [3.63, 3.8) is 0 Å². The van der Waals surface area contributed by atoms with E-state index < -0.39 is 25.9 Å². The number of sulfonamides is 2. The Bertz CT molecular complexity index is 1210. The van der Waals surface area contributed by atoms with Crippen molar-refractivity contribution in [2.24, 2.45) is 0 Å². The predicted molar refractivity (Wildman–Crippen MR) is 125 cm³/mol. The number of ether oxygens (including phenoxy) is 2. The van der Waals surface area contributed by atoms with Gasteiger partial charge in [0.05, 0.1) is 28.7 Å². The van der Waals surface area contributed by atoms with E-state index in [4.69, 9.17) is 9.47 Å². The summed E-state index contributed by atoms with van der Waals surface area (Å²) in [6.45, 7) is 1.91. The first-order valence-corrected chi connectivity index (χ1v) is 13.9. The van der Waals surface area contributed by atoms with Gasteiger partial charge < -0.3 is 14.4 Å². The lowest BCUT2D eigenvalue weighted by molar-refractivity contribution is 0.114. The number of nitrogens with zero attached hydrogens (tertiary/aromatic N) is 2. The van der Waals surface area contributed by atoms with Gasteiger partial charge in [-0.2, -0.15) is 4.31 Å². The maximum absolute atomic E-state index is 13.2. The molecule has 2 aliphatic rings. The van der Waals surface area contributed by atoms with Gasteiger partial charge in [0, 0.05) is 39.3 Å². The van der Waals surface area contributed by atoms with Gasteiger partial charge in [0.2, 0.25) is 20.0 Å². The fraction of sp³-hybridized carbons (Fsp3) is 0.455. The highest BCUT2D eigenvalue weighted by molar-refractivity contribution is 7.89. The quantitative estimate of drug-likeness (QED) is 0.574. The summed E-state index contributed by atoms with van der Waals surface area (Å²) in [5.74, 6) is -0.0103. The SMILES string of the molecule is COc1ccc(S(=O)(=O)NCC2CCCO2)cc1N1CCN(S(=O)(=O)c2ccc(F)cc2)CC1. The van der Waals surface area contributed by atoms with E-state index in [1.165, 1.54) is 29.6 Å². The molecule has 0 aromatic heterocycles. The summed E-state index contributed by atoms with van der Waals surface area (Å²) in [4.78, 5) is 2.03. The minimum atomic E-state index is -3.76. The van der Waals surface area contributed by atoms with Gasteiger partial charge in [-0.3, -0.25) is 0 Å². The van der Waals surface area contributed by atoms with Crippen LogP contribution in [0.4, 0.5) is 10.1 Å². The van der Waals surface area contributed by atoms with Gasteiger partial charge in [-0.15, -0.1) is 0 Å². The highest BCUT2D eigenvalue weighted by atomic mass is 32.2. The Balaban J connectivity index is 1.48. The van der Waals surface area contributed by atoms with Gasteiger partial charge in [-0.05, 0) is 55.3 Å². The molecule has 1 unspecified atom stereocenters. The van der Waals surface area contributed by atoms with E-state index in [-0.39, 0.29) is 35.5 Å². The Morgan fingerprint density at radius 3 is 2.32 bits per heavy atom. The number of hydrogen-bond donors (Lipinski definition) is 1. The molecule has 2 aromatic rings. The molecule has 0 amide bonds. The van der Waals surface area contributed by atoms with Crippen LogP contribution in [-0.4, -0.2) is 73.7 Å². The Hall–Kier alpha value is -2.25. The molecule has 34 heavy (non-hydrogen) atoms. The Morgan fingerprint density at radius 1 is 1.03 bits per heavy atom. The third-order valence-electron chi connectivity index (χ3n) is 6.02. The Kier molecular flexibility index (Phi) is 7.43. The van der Waals surface area contributed by atoms with Gasteiger partial charge in [-0.1, -0.05) is 0 Å². The van der Waals surface area contributed by atoms with Crippen molar-refractivity contribution in [3.05, 3.63) is 48.3 Å². The molecule has 0 spiro atoms. The van der Waals surface area contributed by atoms with Gasteiger partial charge >= 0.3 is 0 Å². The predicted octanol–water partition coefficient (Wildman–Crippen LogP) is 1.80. The van der Waals surface area contributed by atoms with Crippen molar-refractivity contribution >= 4 is 25.7 Å². The number of benzene rings is 2. The van der Waals surface area contributed by atoms with Crippen LogP contribution in [0.25, 0.3) is 0 Å². The number of rotatable bonds is 8. The van der Waals surface area contributed by atoms with Crippen LogP contribution in [0.5, 0.6) is 5.75 Å². The van der Waals surface area contributed by atoms with Gasteiger partial charge in [0.15, 0.2) is 0 Å². The van der Waals surface area contributed by atoms with Crippen LogP contribution in [0, 0.1) is 5.82 Å². The largest absolute Gasteiger partial charge is 0.495 e. The third kappa shape index (κ3) is 5.36. The maximum Gasteiger partial charge on any atom is 0.243 e. The van der Waals surface area contributed by atoms with Gasteiger partial charge in [0.25, 0.3) is 0 Å². The summed E-state index contributed by atoms with van der Waals surface area (Å²) in [6.07, 6.45) is 1.62. The van der Waals surface area contributed by atoms with E-state index in [1.54, 1.807) is 12.1 Å². The summed E-state index contributed by atoms with van der Waals surface area (Å²) in [6, 6.07) is 9.35. The zero-order chi connectivity index (χ0) is 24.3. The fourth-order valence-corrected chi connectivity index (χ4v) is 6.61. The van der Waals surface area contributed by atoms with E-state index >= 15 is 0 Å². The average Bonchev–Trinajstić information content (AvgIpc) is 3.37. The first kappa shape index (κ1) is 24.9. The summed E-state index contributed by atoms with van der Waals surface area (Å²) < 4.78 is 79.5. The molecule has 2 heterocycles. The number of halogens is 1. The molecule has 2 aromatic carbocycles. The Morgan fingerprint density at radius 2 is 1.71 bits per heavy atom. The van der Waals surface area contributed by atoms with Crippen molar-refractivity contribution in [1.29, 1.82) is 0 Å². The van der Waals surface area contributed by atoms with Crippen LogP contribution in [0.3, 0.4) is 0 Å². The average molecular weight is 514 g/mol. The summed E-state index contributed by atoms with van der Waals surface area (Å²) >= 11 is 0. The van der Waals surface area contributed by atoms with Crippen molar-refractivity contribution in [2.45, 2.75) is 28.7 Å². The van der Waals surface area contributed by atoms with Crippen LogP contribution in [-0.2, 0) is 24.8 Å². The number of anilines is 1. The van der Waals surface area contributed by atoms with E-state index in [2.05, 4.69) is 4.72 Å². The van der Waals surface area contributed by atoms with E-state index in [1.807, 2.05) is 4.90 Å². The molecule has 0 aliphatic carbocycles. The maximum atomic E-state index is 13.2. The molecule has 0 bridgehead atoms. The zero-order valence-electron chi connectivity index (χ0n) is 18.8. The molecule has 0 radical (unpaired) electrons. The minimum Gasteiger partial charge on any atom is -0.495 e. The fourth-order valence-electron chi connectivity index (χ4n) is 4.10. The highest BCUT2D eigenvalue weighted by Crippen LogP contribution is 2.32. The molecule has 12 heteroatoms. The van der Waals surface area contributed by atoms with Crippen LogP contribution in [0.1, 0.15) is 12.8 Å². The molecule has 1 N–H and O–H groups in total. The van der Waals surface area contributed by atoms with E-state index in [9.17, 15) is 21.2 Å². The highest BCUT2D eigenvalue weighted by Gasteiger charge is 2.30. The Labute approximate surface area is 199 Å². The lowest BCUT2D eigenvalue weighted by atomic mass is 10.2. The standard InChI is InChI=1S/C22H28FN3O6S2/c1-31-22-9-8-20(33(27,28)24-16-18-3-2-14-32-18)15-21(22)25-10-12-26(13-11-25)34(29,30)19-6-4-17(23)5-7-19/h4-9,15,18,24H,2-3,10-14,16H2,1H3.